The normalized spacial score (nSPS) is 14.3. The topological polar surface area (TPSA) is 73.2 Å². The largest absolute Gasteiger partial charge is 0.448 e. The number of carbonyl (C=O) groups excluding carboxylic acids is 2. The summed E-state index contributed by atoms with van der Waals surface area (Å²) < 4.78 is 6.98. The van der Waals surface area contributed by atoms with Crippen LogP contribution in [0.4, 0.5) is 0 Å². The van der Waals surface area contributed by atoms with E-state index in [1.165, 1.54) is 0 Å². The number of para-hydroxylation sites is 1. The fourth-order valence-corrected chi connectivity index (χ4v) is 2.86. The molecule has 0 saturated heterocycles. The number of nitrogens with one attached hydrogen (secondary N) is 1. The van der Waals surface area contributed by atoms with Crippen molar-refractivity contribution in [2.75, 3.05) is 0 Å². The quantitative estimate of drug-likeness (QED) is 0.671. The number of ether oxygens (including phenoxy) is 1. The van der Waals surface area contributed by atoms with Gasteiger partial charge in [0, 0.05) is 11.6 Å². The van der Waals surface area contributed by atoms with E-state index < -0.39 is 12.1 Å². The Morgan fingerprint density at radius 1 is 1.07 bits per heavy atom. The van der Waals surface area contributed by atoms with Crippen LogP contribution in [0.5, 0.6) is 0 Å². The summed E-state index contributed by atoms with van der Waals surface area (Å²) in [5, 5.41) is 7.45. The Morgan fingerprint density at radius 3 is 2.36 bits per heavy atom. The van der Waals surface area contributed by atoms with Gasteiger partial charge in [-0.3, -0.25) is 4.79 Å². The van der Waals surface area contributed by atoms with Gasteiger partial charge in [-0.05, 0) is 38.0 Å². The van der Waals surface area contributed by atoms with Crippen molar-refractivity contribution in [3.05, 3.63) is 72.4 Å². The standard InChI is InChI=1S/C22H21N3O3/c1-15(21(26)23-17-12-13-17)28-22(27)20-14-19(16-8-4-2-5-9-16)24-25(20)18-10-6-3-7-11-18/h2-11,14-15,17H,12-13H2,1H3,(H,23,26). The van der Waals surface area contributed by atoms with Crippen LogP contribution in [-0.2, 0) is 9.53 Å². The van der Waals surface area contributed by atoms with Crippen molar-refractivity contribution in [2.24, 2.45) is 0 Å². The molecule has 6 heteroatoms. The molecule has 0 spiro atoms. The van der Waals surface area contributed by atoms with Gasteiger partial charge < -0.3 is 10.1 Å². The molecule has 1 fully saturated rings. The molecule has 1 aromatic heterocycles. The number of aromatic nitrogens is 2. The Morgan fingerprint density at radius 2 is 1.71 bits per heavy atom. The summed E-state index contributed by atoms with van der Waals surface area (Å²) >= 11 is 0. The predicted molar refractivity (Wildman–Crippen MR) is 105 cm³/mol. The second-order valence-electron chi connectivity index (χ2n) is 6.86. The van der Waals surface area contributed by atoms with E-state index in [0.29, 0.717) is 5.69 Å². The Labute approximate surface area is 163 Å². The summed E-state index contributed by atoms with van der Waals surface area (Å²) in [4.78, 5) is 25.0. The summed E-state index contributed by atoms with van der Waals surface area (Å²) in [6, 6.07) is 20.9. The highest BCUT2D eigenvalue weighted by Crippen LogP contribution is 2.23. The maximum Gasteiger partial charge on any atom is 0.357 e. The zero-order valence-corrected chi connectivity index (χ0v) is 15.5. The fourth-order valence-electron chi connectivity index (χ4n) is 2.86. The van der Waals surface area contributed by atoms with Crippen molar-refractivity contribution in [3.8, 4) is 16.9 Å². The third kappa shape index (κ3) is 3.96. The van der Waals surface area contributed by atoms with Gasteiger partial charge in [0.2, 0.25) is 0 Å². The lowest BCUT2D eigenvalue weighted by atomic mass is 10.1. The van der Waals surface area contributed by atoms with Gasteiger partial charge in [-0.2, -0.15) is 5.10 Å². The number of hydrogen-bond donors (Lipinski definition) is 1. The zero-order valence-electron chi connectivity index (χ0n) is 15.5. The molecule has 0 aliphatic heterocycles. The molecule has 1 amide bonds. The van der Waals surface area contributed by atoms with Crippen LogP contribution in [0, 0.1) is 0 Å². The number of esters is 1. The minimum absolute atomic E-state index is 0.216. The van der Waals surface area contributed by atoms with Crippen LogP contribution >= 0.6 is 0 Å². The zero-order chi connectivity index (χ0) is 19.5. The molecular weight excluding hydrogens is 354 g/mol. The molecule has 3 aromatic rings. The van der Waals surface area contributed by atoms with Gasteiger partial charge in [-0.25, -0.2) is 9.48 Å². The van der Waals surface area contributed by atoms with E-state index in [2.05, 4.69) is 10.4 Å². The molecular formula is C22H21N3O3. The van der Waals surface area contributed by atoms with Crippen LogP contribution in [-0.4, -0.2) is 33.8 Å². The smallest absolute Gasteiger partial charge is 0.357 e. The van der Waals surface area contributed by atoms with E-state index in [-0.39, 0.29) is 17.6 Å². The van der Waals surface area contributed by atoms with Crippen molar-refractivity contribution in [2.45, 2.75) is 31.9 Å². The average molecular weight is 375 g/mol. The van der Waals surface area contributed by atoms with Crippen LogP contribution < -0.4 is 5.32 Å². The van der Waals surface area contributed by atoms with E-state index in [0.717, 1.165) is 24.1 Å². The van der Waals surface area contributed by atoms with Crippen molar-refractivity contribution in [3.63, 3.8) is 0 Å². The monoisotopic (exact) mass is 375 g/mol. The molecule has 1 unspecified atom stereocenters. The van der Waals surface area contributed by atoms with Crippen LogP contribution in [0.1, 0.15) is 30.3 Å². The first-order chi connectivity index (χ1) is 13.6. The summed E-state index contributed by atoms with van der Waals surface area (Å²) in [5.41, 5.74) is 2.57. The van der Waals surface area contributed by atoms with Gasteiger partial charge in [0.25, 0.3) is 5.91 Å². The first-order valence-electron chi connectivity index (χ1n) is 9.34. The van der Waals surface area contributed by atoms with Crippen LogP contribution in [0.15, 0.2) is 66.7 Å². The predicted octanol–water partition coefficient (Wildman–Crippen LogP) is 3.36. The molecule has 1 heterocycles. The van der Waals surface area contributed by atoms with Crippen LogP contribution in [0.2, 0.25) is 0 Å². The lowest BCUT2D eigenvalue weighted by molar-refractivity contribution is -0.129. The average Bonchev–Trinajstić information content (AvgIpc) is 3.42. The number of carbonyl (C=O) groups is 2. The molecule has 0 bridgehead atoms. The summed E-state index contributed by atoms with van der Waals surface area (Å²) in [5.74, 6) is -0.859. The molecule has 6 nitrogen and oxygen atoms in total. The lowest BCUT2D eigenvalue weighted by Crippen LogP contribution is -2.37. The Bertz CT molecular complexity index is 979. The van der Waals surface area contributed by atoms with E-state index in [1.807, 2.05) is 60.7 Å². The van der Waals surface area contributed by atoms with Gasteiger partial charge >= 0.3 is 5.97 Å². The molecule has 2 aromatic carbocycles. The molecule has 0 radical (unpaired) electrons. The van der Waals surface area contributed by atoms with Gasteiger partial charge in [0.15, 0.2) is 11.8 Å². The van der Waals surface area contributed by atoms with E-state index >= 15 is 0 Å². The second kappa shape index (κ2) is 7.68. The first kappa shape index (κ1) is 18.0. The van der Waals surface area contributed by atoms with Gasteiger partial charge in [0.05, 0.1) is 11.4 Å². The highest BCUT2D eigenvalue weighted by molar-refractivity contribution is 5.92. The molecule has 28 heavy (non-hydrogen) atoms. The second-order valence-corrected chi connectivity index (χ2v) is 6.86. The molecule has 1 atom stereocenters. The fraction of sp³-hybridized carbons (Fsp3) is 0.227. The highest BCUT2D eigenvalue weighted by atomic mass is 16.5. The van der Waals surface area contributed by atoms with Gasteiger partial charge in [0.1, 0.15) is 0 Å². The Balaban J connectivity index is 1.63. The third-order valence-corrected chi connectivity index (χ3v) is 4.57. The summed E-state index contributed by atoms with van der Waals surface area (Å²) in [7, 11) is 0. The first-order valence-corrected chi connectivity index (χ1v) is 9.34. The number of nitrogens with zero attached hydrogens (tertiary/aromatic N) is 2. The minimum atomic E-state index is -0.868. The number of hydrogen-bond acceptors (Lipinski definition) is 4. The molecule has 1 N–H and O–H groups in total. The summed E-state index contributed by atoms with van der Waals surface area (Å²) in [6.07, 6.45) is 1.09. The van der Waals surface area contributed by atoms with Crippen molar-refractivity contribution in [1.82, 2.24) is 15.1 Å². The molecule has 1 aliphatic rings. The Hall–Kier alpha value is -3.41. The van der Waals surface area contributed by atoms with Crippen LogP contribution in [0.25, 0.3) is 16.9 Å². The highest BCUT2D eigenvalue weighted by Gasteiger charge is 2.28. The van der Waals surface area contributed by atoms with Gasteiger partial charge in [-0.15, -0.1) is 0 Å². The van der Waals surface area contributed by atoms with Crippen LogP contribution in [0.3, 0.4) is 0 Å². The number of amides is 1. The number of rotatable bonds is 6. The van der Waals surface area contributed by atoms with Crippen molar-refractivity contribution in [1.29, 1.82) is 0 Å². The molecule has 1 saturated carbocycles. The molecule has 4 rings (SSSR count). The lowest BCUT2D eigenvalue weighted by Gasteiger charge is -2.13. The van der Waals surface area contributed by atoms with Crippen molar-refractivity contribution < 1.29 is 14.3 Å². The maximum atomic E-state index is 12.8. The molecule has 1 aliphatic carbocycles. The van der Waals surface area contributed by atoms with Gasteiger partial charge in [-0.1, -0.05) is 48.5 Å². The third-order valence-electron chi connectivity index (χ3n) is 4.57. The maximum absolute atomic E-state index is 12.8. The number of benzene rings is 2. The molecule has 142 valence electrons. The minimum Gasteiger partial charge on any atom is -0.448 e. The Kier molecular flexibility index (Phi) is 4.93. The summed E-state index contributed by atoms with van der Waals surface area (Å²) in [6.45, 7) is 1.58. The van der Waals surface area contributed by atoms with Crippen molar-refractivity contribution >= 4 is 11.9 Å². The van der Waals surface area contributed by atoms with E-state index in [4.69, 9.17) is 4.74 Å². The van der Waals surface area contributed by atoms with E-state index in [1.54, 1.807) is 17.7 Å². The van der Waals surface area contributed by atoms with E-state index in [9.17, 15) is 9.59 Å². The SMILES string of the molecule is CC(OC(=O)c1cc(-c2ccccc2)nn1-c1ccccc1)C(=O)NC1CC1.